The molecule has 0 unspecified atom stereocenters. The molecule has 0 aliphatic carbocycles. The van der Waals surface area contributed by atoms with E-state index in [1.54, 1.807) is 49.9 Å². The summed E-state index contributed by atoms with van der Waals surface area (Å²) in [5, 5.41) is 32.9. The highest BCUT2D eigenvalue weighted by atomic mass is 19.1. The van der Waals surface area contributed by atoms with Crippen molar-refractivity contribution in [1.82, 2.24) is 40.2 Å². The number of nitrogens with one attached hydrogen (secondary N) is 4. The Morgan fingerprint density at radius 2 is 1.07 bits per heavy atom. The van der Waals surface area contributed by atoms with E-state index in [2.05, 4.69) is 30.4 Å². The average molecular weight is 833 g/mol. The number of rotatable bonds is 16. The quantitative estimate of drug-likeness (QED) is 0.100. The van der Waals surface area contributed by atoms with Crippen LogP contribution in [0, 0.1) is 11.6 Å². The summed E-state index contributed by atoms with van der Waals surface area (Å²) in [4.78, 5) is 57.8. The van der Waals surface area contributed by atoms with E-state index in [0.29, 0.717) is 62.9 Å². The Kier molecular flexibility index (Phi) is 13.2. The van der Waals surface area contributed by atoms with E-state index in [1.165, 1.54) is 24.3 Å². The van der Waals surface area contributed by atoms with Crippen molar-refractivity contribution in [1.29, 1.82) is 0 Å². The molecule has 7 rings (SSSR count). The van der Waals surface area contributed by atoms with Crippen molar-refractivity contribution in [2.24, 2.45) is 0 Å². The summed E-state index contributed by atoms with van der Waals surface area (Å²) in [6, 6.07) is 6.12. The van der Waals surface area contributed by atoms with E-state index in [9.17, 15) is 29.4 Å². The molecule has 6 atom stereocenters. The van der Waals surface area contributed by atoms with Crippen LogP contribution in [-0.2, 0) is 45.1 Å². The molecule has 324 valence electrons. The zero-order valence-electron chi connectivity index (χ0n) is 34.9. The Morgan fingerprint density at radius 3 is 1.43 bits per heavy atom. The van der Waals surface area contributed by atoms with Gasteiger partial charge in [-0.15, -0.1) is 0 Å². The highest BCUT2D eigenvalue weighted by molar-refractivity contribution is 5.98. The van der Waals surface area contributed by atoms with E-state index < -0.39 is 24.2 Å². The number of halogens is 2. The second kappa shape index (κ2) is 18.4. The SMILES string of the molecule is CN[C@@H](C)C(=O)N[C@@H](CCO)C(=O)N1CCC[C@H]1Cc1c2n(c3cc(F)ccc13)CCn1c-2c(C[C@@H]2CCCN2C(=O)[C@H](CCO)NC(=O)[C@H](C)NC)c2ccc(F)cc21. The number of carbonyl (C=O) groups excluding carboxylic acids is 4. The lowest BCUT2D eigenvalue weighted by molar-refractivity contribution is -0.138. The summed E-state index contributed by atoms with van der Waals surface area (Å²) in [7, 11) is 3.32. The average Bonchev–Trinajstić information content (AvgIpc) is 4.04. The number of likely N-dealkylation sites (tertiary alicyclic amines) is 2. The predicted molar refractivity (Wildman–Crippen MR) is 224 cm³/mol. The van der Waals surface area contributed by atoms with Crippen LogP contribution < -0.4 is 21.3 Å². The Bertz CT molecular complexity index is 2100. The first-order valence-electron chi connectivity index (χ1n) is 21.3. The molecule has 0 spiro atoms. The van der Waals surface area contributed by atoms with Crippen LogP contribution in [0.15, 0.2) is 36.4 Å². The van der Waals surface area contributed by atoms with E-state index >= 15 is 8.78 Å². The minimum Gasteiger partial charge on any atom is -0.396 e. The number of likely N-dealkylation sites (N-methyl/N-ethyl adjacent to an activating group) is 2. The third-order valence-electron chi connectivity index (χ3n) is 13.0. The van der Waals surface area contributed by atoms with Crippen LogP contribution >= 0.6 is 0 Å². The number of aliphatic hydroxyl groups excluding tert-OH is 2. The molecule has 0 bridgehead atoms. The lowest BCUT2D eigenvalue weighted by Gasteiger charge is -2.31. The maximum absolute atomic E-state index is 15.1. The molecule has 5 heterocycles. The van der Waals surface area contributed by atoms with Gasteiger partial charge in [0.15, 0.2) is 0 Å². The van der Waals surface area contributed by atoms with Gasteiger partial charge in [-0.3, -0.25) is 19.2 Å². The zero-order chi connectivity index (χ0) is 42.8. The van der Waals surface area contributed by atoms with Gasteiger partial charge in [-0.2, -0.15) is 0 Å². The smallest absolute Gasteiger partial charge is 0.245 e. The van der Waals surface area contributed by atoms with Gasteiger partial charge in [0.05, 0.1) is 34.5 Å². The normalized spacial score (nSPS) is 19.6. The van der Waals surface area contributed by atoms with E-state index in [0.717, 1.165) is 46.1 Å². The molecule has 6 N–H and O–H groups in total. The number of amides is 4. The predicted octanol–water partition coefficient (Wildman–Crippen LogP) is 2.57. The number of carbonyl (C=O) groups is 4. The van der Waals surface area contributed by atoms with Gasteiger partial charge in [-0.05, 0) is 127 Å². The molecule has 3 aliphatic rings. The summed E-state index contributed by atoms with van der Waals surface area (Å²) in [5.74, 6) is -1.98. The number of hydrogen-bond donors (Lipinski definition) is 6. The number of nitrogens with zero attached hydrogens (tertiary/aromatic N) is 4. The standard InChI is InChI=1S/C44H58F2N8O6/c1-25(47-3)41(57)49-35(13-19-55)43(59)51-15-5-7-29(51)23-33-31-11-9-27(45)21-37(31)53-17-18-54-38-22-28(46)10-12-32(38)34(40(54)39(33)53)24-30-8-6-16-52(30)44(60)36(14-20-56)50-42(58)26(2)48-4/h9-12,21-22,25-26,29-30,35-36,47-48,55-56H,5-8,13-20,23-24H2,1-4H3,(H,49,57)(H,50,58)/t25-,26-,29-,30-,35-,36-/m0/s1. The highest BCUT2D eigenvalue weighted by Crippen LogP contribution is 2.45. The largest absolute Gasteiger partial charge is 0.396 e. The number of aliphatic hydroxyl groups is 2. The Balaban J connectivity index is 1.29. The molecular formula is C44H58F2N8O6. The minimum absolute atomic E-state index is 0.0664. The first-order valence-corrected chi connectivity index (χ1v) is 21.3. The molecule has 14 nitrogen and oxygen atoms in total. The maximum Gasteiger partial charge on any atom is 0.245 e. The van der Waals surface area contributed by atoms with Crippen molar-refractivity contribution in [3.63, 3.8) is 0 Å². The minimum atomic E-state index is -0.911. The fourth-order valence-corrected chi connectivity index (χ4v) is 9.58. The van der Waals surface area contributed by atoms with Crippen molar-refractivity contribution >= 4 is 45.4 Å². The molecule has 16 heteroatoms. The first-order chi connectivity index (χ1) is 28.9. The van der Waals surface area contributed by atoms with Gasteiger partial charge in [0.1, 0.15) is 23.7 Å². The lowest BCUT2D eigenvalue weighted by atomic mass is 9.94. The molecule has 0 saturated carbocycles. The van der Waals surface area contributed by atoms with Crippen LogP contribution in [0.2, 0.25) is 0 Å². The van der Waals surface area contributed by atoms with Crippen LogP contribution in [-0.4, -0.2) is 129 Å². The topological polar surface area (TPSA) is 173 Å². The number of hydrogen-bond acceptors (Lipinski definition) is 8. The van der Waals surface area contributed by atoms with Gasteiger partial charge >= 0.3 is 0 Å². The summed E-state index contributed by atoms with van der Waals surface area (Å²) in [6.07, 6.45) is 3.88. The number of fused-ring (bicyclic) bond motifs is 7. The number of aryl methyl sites for hydroxylation is 2. The molecular weight excluding hydrogens is 775 g/mol. The van der Waals surface area contributed by atoms with Crippen LogP contribution in [0.4, 0.5) is 8.78 Å². The Morgan fingerprint density at radius 1 is 0.667 bits per heavy atom. The van der Waals surface area contributed by atoms with Crippen LogP contribution in [0.1, 0.15) is 63.5 Å². The zero-order valence-corrected chi connectivity index (χ0v) is 34.9. The maximum atomic E-state index is 15.1. The van der Waals surface area contributed by atoms with Gasteiger partial charge in [-0.25, -0.2) is 8.78 Å². The van der Waals surface area contributed by atoms with E-state index in [1.807, 2.05) is 0 Å². The fraction of sp³-hybridized carbons (Fsp3) is 0.545. The molecule has 4 aromatic rings. The van der Waals surface area contributed by atoms with E-state index in [4.69, 9.17) is 0 Å². The van der Waals surface area contributed by atoms with Gasteiger partial charge in [0.25, 0.3) is 0 Å². The molecule has 4 amide bonds. The summed E-state index contributed by atoms with van der Waals surface area (Å²) < 4.78 is 34.5. The van der Waals surface area contributed by atoms with Gasteiger partial charge in [-0.1, -0.05) is 0 Å². The molecule has 60 heavy (non-hydrogen) atoms. The molecule has 3 aliphatic heterocycles. The number of benzene rings is 2. The summed E-state index contributed by atoms with van der Waals surface area (Å²) in [6.45, 7) is 4.77. The highest BCUT2D eigenvalue weighted by Gasteiger charge is 2.39. The second-order valence-corrected chi connectivity index (χ2v) is 16.5. The molecule has 2 aromatic carbocycles. The summed E-state index contributed by atoms with van der Waals surface area (Å²) >= 11 is 0. The lowest BCUT2D eigenvalue weighted by Crippen LogP contribution is -2.54. The van der Waals surface area contributed by atoms with Crippen molar-refractivity contribution in [3.8, 4) is 11.4 Å². The monoisotopic (exact) mass is 832 g/mol. The Labute approximate surface area is 348 Å². The van der Waals surface area contributed by atoms with Gasteiger partial charge in [0.2, 0.25) is 23.6 Å². The van der Waals surface area contributed by atoms with E-state index in [-0.39, 0.29) is 73.4 Å². The first kappa shape index (κ1) is 43.2. The van der Waals surface area contributed by atoms with Crippen LogP contribution in [0.25, 0.3) is 33.2 Å². The van der Waals surface area contributed by atoms with Crippen molar-refractivity contribution in [3.05, 3.63) is 59.2 Å². The molecule has 2 saturated heterocycles. The number of aromatic nitrogens is 2. The van der Waals surface area contributed by atoms with Crippen LogP contribution in [0.5, 0.6) is 0 Å². The molecule has 2 fully saturated rings. The van der Waals surface area contributed by atoms with Crippen molar-refractivity contribution < 1.29 is 38.2 Å². The van der Waals surface area contributed by atoms with Gasteiger partial charge < -0.3 is 50.4 Å². The molecule has 0 radical (unpaired) electrons. The third-order valence-corrected chi connectivity index (χ3v) is 13.0. The second-order valence-electron chi connectivity index (χ2n) is 16.5. The van der Waals surface area contributed by atoms with Crippen molar-refractivity contribution in [2.45, 2.75) is 115 Å². The third kappa shape index (κ3) is 8.26. The van der Waals surface area contributed by atoms with Crippen LogP contribution in [0.3, 0.4) is 0 Å². The fourth-order valence-electron chi connectivity index (χ4n) is 9.58. The Hall–Kier alpha value is -4.90. The van der Waals surface area contributed by atoms with Crippen molar-refractivity contribution in [2.75, 3.05) is 40.4 Å². The molecule has 2 aromatic heterocycles. The summed E-state index contributed by atoms with van der Waals surface area (Å²) in [5.41, 5.74) is 5.00. The van der Waals surface area contributed by atoms with Gasteiger partial charge in [0, 0.05) is 62.2 Å².